The Morgan fingerprint density at radius 1 is 0.708 bits per heavy atom. The van der Waals surface area contributed by atoms with Crippen LogP contribution >= 0.6 is 0 Å². The zero-order chi connectivity index (χ0) is 18.0. The van der Waals surface area contributed by atoms with Gasteiger partial charge in [-0.05, 0) is 24.3 Å². The molecule has 130 valence electrons. The Morgan fingerprint density at radius 2 is 1.04 bits per heavy atom. The van der Waals surface area contributed by atoms with E-state index in [0.717, 1.165) is 12.1 Å². The molecule has 0 aliphatic heterocycles. The largest absolute Gasteiger partial charge is 0.496 e. The Bertz CT molecular complexity index is 692. The third-order valence-electron chi connectivity index (χ3n) is 3.68. The molecule has 0 saturated carbocycles. The Hall–Kier alpha value is -2.32. The lowest BCUT2D eigenvalue weighted by Gasteiger charge is -2.25. The lowest BCUT2D eigenvalue weighted by atomic mass is 9.92. The van der Waals surface area contributed by atoms with Crippen molar-refractivity contribution in [2.75, 3.05) is 14.2 Å². The van der Waals surface area contributed by atoms with Crippen molar-refractivity contribution in [3.63, 3.8) is 0 Å². The SMILES string of the molecule is COc1ccc(F)c(F)c1C(N)C(N)c1c(OC)ccc(F)c1F. The topological polar surface area (TPSA) is 70.5 Å². The van der Waals surface area contributed by atoms with Crippen molar-refractivity contribution in [2.24, 2.45) is 11.5 Å². The van der Waals surface area contributed by atoms with Crippen LogP contribution in [0, 0.1) is 23.3 Å². The van der Waals surface area contributed by atoms with Gasteiger partial charge in [0.25, 0.3) is 0 Å². The van der Waals surface area contributed by atoms with Crippen molar-refractivity contribution in [1.82, 2.24) is 0 Å². The Labute approximate surface area is 136 Å². The molecule has 0 saturated heterocycles. The minimum atomic E-state index is -1.42. The van der Waals surface area contributed by atoms with Crippen molar-refractivity contribution in [3.8, 4) is 11.5 Å². The van der Waals surface area contributed by atoms with Gasteiger partial charge >= 0.3 is 0 Å². The number of benzene rings is 2. The fraction of sp³-hybridized carbons (Fsp3) is 0.250. The molecule has 0 fully saturated rings. The molecular formula is C16H16F4N2O2. The number of methoxy groups -OCH3 is 2. The highest BCUT2D eigenvalue weighted by molar-refractivity contribution is 5.43. The van der Waals surface area contributed by atoms with Gasteiger partial charge in [-0.3, -0.25) is 0 Å². The van der Waals surface area contributed by atoms with E-state index in [4.69, 9.17) is 20.9 Å². The smallest absolute Gasteiger partial charge is 0.167 e. The van der Waals surface area contributed by atoms with Crippen LogP contribution in [0.15, 0.2) is 24.3 Å². The van der Waals surface area contributed by atoms with E-state index in [1.54, 1.807) is 0 Å². The van der Waals surface area contributed by atoms with Crippen LogP contribution in [0.4, 0.5) is 17.6 Å². The maximum atomic E-state index is 14.1. The van der Waals surface area contributed by atoms with Crippen LogP contribution in [0.2, 0.25) is 0 Å². The summed E-state index contributed by atoms with van der Waals surface area (Å²) in [5.74, 6) is -5.00. The monoisotopic (exact) mass is 344 g/mol. The van der Waals surface area contributed by atoms with E-state index in [9.17, 15) is 17.6 Å². The third kappa shape index (κ3) is 3.02. The molecule has 2 rings (SSSR count). The standard InChI is InChI=1S/C16H16F4N2O2/c1-23-9-5-3-7(17)13(19)11(9)15(21)16(22)12-10(24-2)6-4-8(18)14(12)20/h3-6,15-16H,21-22H2,1-2H3. The molecule has 0 spiro atoms. The average molecular weight is 344 g/mol. The van der Waals surface area contributed by atoms with Crippen LogP contribution in [-0.2, 0) is 0 Å². The van der Waals surface area contributed by atoms with E-state index < -0.39 is 35.4 Å². The fourth-order valence-corrected chi connectivity index (χ4v) is 2.43. The molecule has 2 aromatic rings. The number of hydrogen-bond donors (Lipinski definition) is 2. The van der Waals surface area contributed by atoms with Crippen LogP contribution in [0.3, 0.4) is 0 Å². The first-order chi connectivity index (χ1) is 11.3. The number of nitrogens with two attached hydrogens (primary N) is 2. The Morgan fingerprint density at radius 3 is 1.33 bits per heavy atom. The summed E-state index contributed by atoms with van der Waals surface area (Å²) in [5.41, 5.74) is 11.0. The second-order valence-electron chi connectivity index (χ2n) is 5.01. The van der Waals surface area contributed by atoms with Gasteiger partial charge in [0.2, 0.25) is 0 Å². The van der Waals surface area contributed by atoms with E-state index >= 15 is 0 Å². The van der Waals surface area contributed by atoms with Gasteiger partial charge in [-0.1, -0.05) is 0 Å². The summed E-state index contributed by atoms with van der Waals surface area (Å²) in [4.78, 5) is 0. The Balaban J connectivity index is 2.58. The van der Waals surface area contributed by atoms with Crippen LogP contribution in [-0.4, -0.2) is 14.2 Å². The summed E-state index contributed by atoms with van der Waals surface area (Å²) >= 11 is 0. The number of hydrogen-bond acceptors (Lipinski definition) is 4. The maximum absolute atomic E-state index is 14.1. The highest BCUT2D eigenvalue weighted by atomic mass is 19.2. The average Bonchev–Trinajstić information content (AvgIpc) is 2.58. The van der Waals surface area contributed by atoms with Gasteiger partial charge in [0, 0.05) is 0 Å². The van der Waals surface area contributed by atoms with Crippen LogP contribution < -0.4 is 20.9 Å². The third-order valence-corrected chi connectivity index (χ3v) is 3.68. The van der Waals surface area contributed by atoms with Gasteiger partial charge in [-0.25, -0.2) is 17.6 Å². The molecule has 0 amide bonds. The summed E-state index contributed by atoms with van der Waals surface area (Å²) in [6, 6.07) is 1.22. The first kappa shape index (κ1) is 18.0. The molecule has 2 atom stereocenters. The van der Waals surface area contributed by atoms with Crippen molar-refractivity contribution < 1.29 is 27.0 Å². The molecule has 0 heterocycles. The zero-order valence-electron chi connectivity index (χ0n) is 12.9. The van der Waals surface area contributed by atoms with E-state index in [0.29, 0.717) is 0 Å². The van der Waals surface area contributed by atoms with E-state index in [1.165, 1.54) is 26.4 Å². The number of ether oxygens (including phenoxy) is 2. The van der Waals surface area contributed by atoms with Crippen LogP contribution in [0.5, 0.6) is 11.5 Å². The molecule has 0 radical (unpaired) electrons. The molecule has 0 aromatic heterocycles. The molecule has 8 heteroatoms. The molecule has 24 heavy (non-hydrogen) atoms. The van der Waals surface area contributed by atoms with Gasteiger partial charge in [-0.2, -0.15) is 0 Å². The predicted octanol–water partition coefficient (Wildman–Crippen LogP) is 2.96. The lowest BCUT2D eigenvalue weighted by molar-refractivity contribution is 0.369. The molecule has 0 aliphatic rings. The van der Waals surface area contributed by atoms with E-state index in [-0.39, 0.29) is 22.6 Å². The second kappa shape index (κ2) is 7.06. The quantitative estimate of drug-likeness (QED) is 0.818. The first-order valence-corrected chi connectivity index (χ1v) is 6.88. The van der Waals surface area contributed by atoms with Crippen molar-refractivity contribution in [3.05, 3.63) is 58.7 Å². The maximum Gasteiger partial charge on any atom is 0.167 e. The second-order valence-corrected chi connectivity index (χ2v) is 5.01. The van der Waals surface area contributed by atoms with Crippen molar-refractivity contribution in [1.29, 1.82) is 0 Å². The molecule has 2 unspecified atom stereocenters. The number of rotatable bonds is 5. The Kier molecular flexibility index (Phi) is 5.30. The van der Waals surface area contributed by atoms with Crippen LogP contribution in [0.25, 0.3) is 0 Å². The normalized spacial score (nSPS) is 13.5. The molecular weight excluding hydrogens is 328 g/mol. The van der Waals surface area contributed by atoms with Crippen molar-refractivity contribution in [2.45, 2.75) is 12.1 Å². The van der Waals surface area contributed by atoms with Gasteiger partial charge in [0.05, 0.1) is 37.4 Å². The minimum Gasteiger partial charge on any atom is -0.496 e. The molecule has 2 aromatic carbocycles. The summed E-state index contributed by atoms with van der Waals surface area (Å²) in [6.07, 6.45) is 0. The minimum absolute atomic E-state index is 0.0624. The van der Waals surface area contributed by atoms with Gasteiger partial charge < -0.3 is 20.9 Å². The predicted molar refractivity (Wildman–Crippen MR) is 79.7 cm³/mol. The van der Waals surface area contributed by atoms with Gasteiger partial charge in [-0.15, -0.1) is 0 Å². The molecule has 0 bridgehead atoms. The zero-order valence-corrected chi connectivity index (χ0v) is 12.9. The number of halogens is 4. The fourth-order valence-electron chi connectivity index (χ4n) is 2.43. The summed E-state index contributed by atoms with van der Waals surface area (Å²) in [7, 11) is 2.47. The highest BCUT2D eigenvalue weighted by Gasteiger charge is 2.30. The first-order valence-electron chi connectivity index (χ1n) is 6.88. The summed E-state index contributed by atoms with van der Waals surface area (Å²) in [6.45, 7) is 0. The molecule has 4 N–H and O–H groups in total. The van der Waals surface area contributed by atoms with Crippen LogP contribution in [0.1, 0.15) is 23.2 Å². The molecule has 0 aliphatic carbocycles. The highest BCUT2D eigenvalue weighted by Crippen LogP contribution is 2.38. The van der Waals surface area contributed by atoms with E-state index in [1.807, 2.05) is 0 Å². The van der Waals surface area contributed by atoms with E-state index in [2.05, 4.69) is 0 Å². The summed E-state index contributed by atoms with van der Waals surface area (Å²) < 4.78 is 65.3. The van der Waals surface area contributed by atoms with Gasteiger partial charge in [0.1, 0.15) is 11.5 Å². The van der Waals surface area contributed by atoms with Crippen molar-refractivity contribution >= 4 is 0 Å². The van der Waals surface area contributed by atoms with Gasteiger partial charge in [0.15, 0.2) is 23.3 Å². The molecule has 4 nitrogen and oxygen atoms in total. The lowest BCUT2D eigenvalue weighted by Crippen LogP contribution is -2.29. The summed E-state index contributed by atoms with van der Waals surface area (Å²) in [5, 5.41) is 0.